The van der Waals surface area contributed by atoms with Crippen molar-refractivity contribution in [3.05, 3.63) is 53.1 Å². The molecule has 0 aliphatic carbocycles. The minimum atomic E-state index is -0.0999. The number of thiazole rings is 1. The Bertz CT molecular complexity index is 829. The molecule has 23 heavy (non-hydrogen) atoms. The fourth-order valence-electron chi connectivity index (χ4n) is 2.22. The van der Waals surface area contributed by atoms with Crippen molar-refractivity contribution in [3.63, 3.8) is 0 Å². The number of nitrogens with zero attached hydrogens (tertiary/aromatic N) is 2. The number of para-hydroxylation sites is 1. The summed E-state index contributed by atoms with van der Waals surface area (Å²) in [5.41, 5.74) is 2.66. The molecule has 0 unspecified atom stereocenters. The first-order chi connectivity index (χ1) is 11.0. The predicted molar refractivity (Wildman–Crippen MR) is 97.7 cm³/mol. The molecule has 0 saturated carbocycles. The highest BCUT2D eigenvalue weighted by atomic mass is 35.5. The Morgan fingerprint density at radius 1 is 1.30 bits per heavy atom. The van der Waals surface area contributed by atoms with Crippen LogP contribution in [-0.2, 0) is 4.79 Å². The average molecular weight is 346 g/mol. The molecule has 0 aliphatic rings. The summed E-state index contributed by atoms with van der Waals surface area (Å²) >= 11 is 7.55. The number of hydrogen-bond donors (Lipinski definition) is 1. The molecule has 2 aromatic carbocycles. The Hall–Kier alpha value is -2.11. The summed E-state index contributed by atoms with van der Waals surface area (Å²) in [6, 6.07) is 13.4. The number of benzene rings is 2. The number of anilines is 2. The van der Waals surface area contributed by atoms with Crippen molar-refractivity contribution in [1.82, 2.24) is 4.98 Å². The number of carbonyl (C=O) groups is 1. The molecule has 0 aliphatic heterocycles. The van der Waals surface area contributed by atoms with Gasteiger partial charge in [0, 0.05) is 17.8 Å². The van der Waals surface area contributed by atoms with Gasteiger partial charge < -0.3 is 10.2 Å². The summed E-state index contributed by atoms with van der Waals surface area (Å²) in [6.07, 6.45) is 0. The maximum absolute atomic E-state index is 12.3. The van der Waals surface area contributed by atoms with Gasteiger partial charge in [-0.15, -0.1) is 0 Å². The quantitative estimate of drug-likeness (QED) is 0.765. The highest BCUT2D eigenvalue weighted by molar-refractivity contribution is 7.22. The third-order valence-corrected chi connectivity index (χ3v) is 4.85. The zero-order valence-electron chi connectivity index (χ0n) is 12.8. The molecule has 0 spiro atoms. The van der Waals surface area contributed by atoms with Crippen molar-refractivity contribution in [2.75, 3.05) is 23.8 Å². The standard InChI is InChI=1S/C17H16ClN3OS/c1-11-7-8-12(18)9-14(11)19-16(22)10-21(2)17-20-13-5-3-4-6-15(13)23-17/h3-9H,10H2,1-2H3,(H,19,22). The summed E-state index contributed by atoms with van der Waals surface area (Å²) in [7, 11) is 1.86. The van der Waals surface area contributed by atoms with Crippen molar-refractivity contribution in [1.29, 1.82) is 0 Å². The third kappa shape index (κ3) is 3.63. The van der Waals surface area contributed by atoms with Gasteiger partial charge >= 0.3 is 0 Å². The van der Waals surface area contributed by atoms with E-state index in [0.29, 0.717) is 5.02 Å². The lowest BCUT2D eigenvalue weighted by atomic mass is 10.2. The van der Waals surface area contributed by atoms with Gasteiger partial charge in [0.05, 0.1) is 16.8 Å². The molecule has 3 aromatic rings. The minimum Gasteiger partial charge on any atom is -0.342 e. The maximum atomic E-state index is 12.3. The molecular weight excluding hydrogens is 330 g/mol. The van der Waals surface area contributed by atoms with E-state index in [1.807, 2.05) is 49.2 Å². The number of carbonyl (C=O) groups excluding carboxylic acids is 1. The Morgan fingerprint density at radius 3 is 2.87 bits per heavy atom. The minimum absolute atomic E-state index is 0.0999. The zero-order valence-corrected chi connectivity index (χ0v) is 14.4. The van der Waals surface area contributed by atoms with E-state index in [9.17, 15) is 4.79 Å². The molecular formula is C17H16ClN3OS. The van der Waals surface area contributed by atoms with Crippen LogP contribution >= 0.6 is 22.9 Å². The van der Waals surface area contributed by atoms with Crippen molar-refractivity contribution >= 4 is 49.9 Å². The van der Waals surface area contributed by atoms with E-state index < -0.39 is 0 Å². The average Bonchev–Trinajstić information content (AvgIpc) is 2.95. The predicted octanol–water partition coefficient (Wildman–Crippen LogP) is 4.33. The van der Waals surface area contributed by atoms with Crippen LogP contribution in [0.3, 0.4) is 0 Å². The number of nitrogens with one attached hydrogen (secondary N) is 1. The molecule has 6 heteroatoms. The second-order valence-corrected chi connectivity index (χ2v) is 6.77. The van der Waals surface area contributed by atoms with Gasteiger partial charge in [0.1, 0.15) is 0 Å². The molecule has 0 fully saturated rings. The first-order valence-corrected chi connectivity index (χ1v) is 8.35. The van der Waals surface area contributed by atoms with Crippen molar-refractivity contribution in [2.24, 2.45) is 0 Å². The Balaban J connectivity index is 1.70. The molecule has 118 valence electrons. The molecule has 1 aromatic heterocycles. The molecule has 0 bridgehead atoms. The number of rotatable bonds is 4. The number of fused-ring (bicyclic) bond motifs is 1. The van der Waals surface area contributed by atoms with Crippen LogP contribution in [0.25, 0.3) is 10.2 Å². The lowest BCUT2D eigenvalue weighted by Gasteiger charge is -2.16. The third-order valence-electron chi connectivity index (χ3n) is 3.46. The topological polar surface area (TPSA) is 45.2 Å². The van der Waals surface area contributed by atoms with Crippen LogP contribution in [0.15, 0.2) is 42.5 Å². The zero-order chi connectivity index (χ0) is 16.4. The highest BCUT2D eigenvalue weighted by Gasteiger charge is 2.13. The molecule has 0 atom stereocenters. The van der Waals surface area contributed by atoms with Crippen LogP contribution in [0.2, 0.25) is 5.02 Å². The van der Waals surface area contributed by atoms with Crippen molar-refractivity contribution < 1.29 is 4.79 Å². The molecule has 1 heterocycles. The van der Waals surface area contributed by atoms with Crippen LogP contribution in [0.1, 0.15) is 5.56 Å². The van der Waals surface area contributed by atoms with Crippen LogP contribution < -0.4 is 10.2 Å². The number of halogens is 1. The van der Waals surface area contributed by atoms with Gasteiger partial charge in [-0.05, 0) is 36.8 Å². The molecule has 3 rings (SSSR count). The second kappa shape index (κ2) is 6.56. The Kier molecular flexibility index (Phi) is 4.50. The normalized spacial score (nSPS) is 10.7. The van der Waals surface area contributed by atoms with Crippen LogP contribution in [0, 0.1) is 6.92 Å². The van der Waals surface area contributed by atoms with E-state index in [1.165, 1.54) is 0 Å². The van der Waals surface area contributed by atoms with E-state index >= 15 is 0 Å². The summed E-state index contributed by atoms with van der Waals surface area (Å²) < 4.78 is 1.11. The summed E-state index contributed by atoms with van der Waals surface area (Å²) in [5.74, 6) is -0.0999. The first-order valence-electron chi connectivity index (χ1n) is 7.15. The van der Waals surface area contributed by atoms with Crippen LogP contribution in [0.4, 0.5) is 10.8 Å². The van der Waals surface area contributed by atoms with Gasteiger partial charge in [0.2, 0.25) is 5.91 Å². The van der Waals surface area contributed by atoms with Gasteiger partial charge in [0.25, 0.3) is 0 Å². The fraction of sp³-hybridized carbons (Fsp3) is 0.176. The van der Waals surface area contributed by atoms with Gasteiger partial charge in [-0.2, -0.15) is 0 Å². The molecule has 0 saturated heterocycles. The van der Waals surface area contributed by atoms with Gasteiger partial charge in [-0.1, -0.05) is 41.1 Å². The van der Waals surface area contributed by atoms with Crippen LogP contribution in [0.5, 0.6) is 0 Å². The Labute approximate surface area is 143 Å². The van der Waals surface area contributed by atoms with E-state index in [2.05, 4.69) is 10.3 Å². The molecule has 1 amide bonds. The number of hydrogen-bond acceptors (Lipinski definition) is 4. The Morgan fingerprint density at radius 2 is 2.09 bits per heavy atom. The highest BCUT2D eigenvalue weighted by Crippen LogP contribution is 2.27. The first kappa shape index (κ1) is 15.8. The van der Waals surface area contributed by atoms with Crippen molar-refractivity contribution in [3.8, 4) is 0 Å². The van der Waals surface area contributed by atoms with E-state index in [-0.39, 0.29) is 12.5 Å². The summed E-state index contributed by atoms with van der Waals surface area (Å²) in [6.45, 7) is 2.16. The van der Waals surface area contributed by atoms with Crippen LogP contribution in [-0.4, -0.2) is 24.5 Å². The maximum Gasteiger partial charge on any atom is 0.243 e. The van der Waals surface area contributed by atoms with E-state index in [0.717, 1.165) is 26.6 Å². The second-order valence-electron chi connectivity index (χ2n) is 5.33. The van der Waals surface area contributed by atoms with Gasteiger partial charge in [-0.25, -0.2) is 4.98 Å². The molecule has 1 N–H and O–H groups in total. The van der Waals surface area contributed by atoms with E-state index in [4.69, 9.17) is 11.6 Å². The number of aryl methyl sites for hydroxylation is 1. The summed E-state index contributed by atoms with van der Waals surface area (Å²) in [4.78, 5) is 18.7. The molecule has 0 radical (unpaired) electrons. The van der Waals surface area contributed by atoms with E-state index in [1.54, 1.807) is 23.5 Å². The smallest absolute Gasteiger partial charge is 0.243 e. The number of amides is 1. The van der Waals surface area contributed by atoms with Gasteiger partial charge in [0.15, 0.2) is 5.13 Å². The number of likely N-dealkylation sites (N-methyl/N-ethyl adjacent to an activating group) is 1. The molecule has 4 nitrogen and oxygen atoms in total. The van der Waals surface area contributed by atoms with Crippen molar-refractivity contribution in [2.45, 2.75) is 6.92 Å². The summed E-state index contributed by atoms with van der Waals surface area (Å²) in [5, 5.41) is 4.32. The fourth-order valence-corrected chi connectivity index (χ4v) is 3.32. The van der Waals surface area contributed by atoms with Gasteiger partial charge in [-0.3, -0.25) is 4.79 Å². The largest absolute Gasteiger partial charge is 0.342 e. The number of aromatic nitrogens is 1. The SMILES string of the molecule is Cc1ccc(Cl)cc1NC(=O)CN(C)c1nc2ccccc2s1. The monoisotopic (exact) mass is 345 g/mol. The lowest BCUT2D eigenvalue weighted by molar-refractivity contribution is -0.114. The lowest BCUT2D eigenvalue weighted by Crippen LogP contribution is -2.30.